The zero-order valence-electron chi connectivity index (χ0n) is 18.6. The first-order valence-electron chi connectivity index (χ1n) is 10.9. The van der Waals surface area contributed by atoms with E-state index in [1.54, 1.807) is 19.1 Å². The predicted octanol–water partition coefficient (Wildman–Crippen LogP) is 2.68. The van der Waals surface area contributed by atoms with Gasteiger partial charge in [-0.05, 0) is 51.7 Å². The second-order valence-corrected chi connectivity index (χ2v) is 7.85. The number of anilines is 1. The molecule has 4 N–H and O–H groups in total. The maximum Gasteiger partial charge on any atom is 0.339 e. The lowest BCUT2D eigenvalue weighted by Gasteiger charge is -2.30. The van der Waals surface area contributed by atoms with E-state index in [9.17, 15) is 14.7 Å². The van der Waals surface area contributed by atoms with E-state index in [0.29, 0.717) is 42.2 Å². The van der Waals surface area contributed by atoms with Crippen LogP contribution in [0.5, 0.6) is 5.75 Å². The van der Waals surface area contributed by atoms with Crippen molar-refractivity contribution < 1.29 is 28.9 Å². The van der Waals surface area contributed by atoms with Gasteiger partial charge in [-0.15, -0.1) is 0 Å². The van der Waals surface area contributed by atoms with Crippen LogP contribution in [0.4, 0.5) is 5.69 Å². The number of benzene rings is 1. The number of hydrogen-bond donors (Lipinski definition) is 3. The van der Waals surface area contributed by atoms with E-state index in [0.717, 1.165) is 25.7 Å². The molecule has 1 aliphatic carbocycles. The van der Waals surface area contributed by atoms with Gasteiger partial charge in [0.1, 0.15) is 17.9 Å². The van der Waals surface area contributed by atoms with Crippen molar-refractivity contribution in [2.45, 2.75) is 51.7 Å². The summed E-state index contributed by atoms with van der Waals surface area (Å²) in [6, 6.07) is 5.48. The Morgan fingerprint density at radius 3 is 2.59 bits per heavy atom. The number of aryl methyl sites for hydroxylation is 1. The van der Waals surface area contributed by atoms with Gasteiger partial charge in [0, 0.05) is 12.6 Å². The molecule has 2 aromatic rings. The molecule has 32 heavy (non-hydrogen) atoms. The summed E-state index contributed by atoms with van der Waals surface area (Å²) >= 11 is 0. The average molecular weight is 446 g/mol. The Balaban J connectivity index is 1.57. The SMILES string of the molecule is CCOCCOCC(=O)NC1CCC(Oc2cccc3nc(C)c(C(=O)O)c(N)c23)CC1. The first kappa shape index (κ1) is 23.7. The van der Waals surface area contributed by atoms with Crippen LogP contribution in [0.3, 0.4) is 0 Å². The van der Waals surface area contributed by atoms with Crippen LogP contribution in [-0.4, -0.2) is 60.5 Å². The van der Waals surface area contributed by atoms with Crippen LogP contribution in [0.15, 0.2) is 18.2 Å². The van der Waals surface area contributed by atoms with E-state index in [2.05, 4.69) is 10.3 Å². The molecular formula is C23H31N3O6. The zero-order chi connectivity index (χ0) is 23.1. The summed E-state index contributed by atoms with van der Waals surface area (Å²) in [5.74, 6) is -0.706. The van der Waals surface area contributed by atoms with Crippen molar-refractivity contribution in [1.82, 2.24) is 10.3 Å². The Morgan fingerprint density at radius 2 is 1.91 bits per heavy atom. The fourth-order valence-electron chi connectivity index (χ4n) is 4.01. The number of pyridine rings is 1. The molecular weight excluding hydrogens is 414 g/mol. The van der Waals surface area contributed by atoms with Crippen LogP contribution in [0.25, 0.3) is 10.9 Å². The zero-order valence-corrected chi connectivity index (χ0v) is 18.6. The summed E-state index contributed by atoms with van der Waals surface area (Å²) in [6.45, 7) is 5.07. The van der Waals surface area contributed by atoms with Crippen LogP contribution < -0.4 is 15.8 Å². The van der Waals surface area contributed by atoms with E-state index in [-0.39, 0.29) is 35.9 Å². The van der Waals surface area contributed by atoms with Crippen LogP contribution in [-0.2, 0) is 14.3 Å². The lowest BCUT2D eigenvalue weighted by molar-refractivity contribution is -0.127. The van der Waals surface area contributed by atoms with Gasteiger partial charge >= 0.3 is 5.97 Å². The predicted molar refractivity (Wildman–Crippen MR) is 120 cm³/mol. The maximum atomic E-state index is 12.0. The Labute approximate surface area is 187 Å². The van der Waals surface area contributed by atoms with Crippen molar-refractivity contribution in [2.24, 2.45) is 0 Å². The number of aromatic nitrogens is 1. The molecule has 174 valence electrons. The maximum absolute atomic E-state index is 12.0. The van der Waals surface area contributed by atoms with Gasteiger partial charge in [0.2, 0.25) is 5.91 Å². The number of rotatable bonds is 10. The molecule has 0 spiro atoms. The molecule has 1 saturated carbocycles. The monoisotopic (exact) mass is 445 g/mol. The average Bonchev–Trinajstić information content (AvgIpc) is 2.74. The molecule has 1 fully saturated rings. The van der Waals surface area contributed by atoms with Gasteiger partial charge in [-0.1, -0.05) is 6.07 Å². The van der Waals surface area contributed by atoms with Gasteiger partial charge < -0.3 is 30.4 Å². The number of amides is 1. The highest BCUT2D eigenvalue weighted by atomic mass is 16.5. The number of nitrogen functional groups attached to an aromatic ring is 1. The summed E-state index contributed by atoms with van der Waals surface area (Å²) in [4.78, 5) is 28.0. The number of hydrogen-bond acceptors (Lipinski definition) is 7. The molecule has 0 unspecified atom stereocenters. The number of aromatic carboxylic acids is 1. The molecule has 1 heterocycles. The number of carboxylic acid groups (broad SMARTS) is 1. The summed E-state index contributed by atoms with van der Waals surface area (Å²) in [6.07, 6.45) is 3.04. The highest BCUT2D eigenvalue weighted by Gasteiger charge is 2.25. The van der Waals surface area contributed by atoms with Crippen LogP contribution >= 0.6 is 0 Å². The van der Waals surface area contributed by atoms with E-state index < -0.39 is 5.97 Å². The van der Waals surface area contributed by atoms with Crippen molar-refractivity contribution in [3.05, 3.63) is 29.5 Å². The van der Waals surface area contributed by atoms with Crippen molar-refractivity contribution >= 4 is 28.5 Å². The topological polar surface area (TPSA) is 133 Å². The number of carboxylic acids is 1. The normalized spacial score (nSPS) is 18.4. The highest BCUT2D eigenvalue weighted by molar-refractivity contribution is 6.06. The summed E-state index contributed by atoms with van der Waals surface area (Å²) in [7, 11) is 0. The molecule has 1 aromatic heterocycles. The molecule has 1 amide bonds. The molecule has 1 aromatic carbocycles. The van der Waals surface area contributed by atoms with Crippen molar-refractivity contribution in [1.29, 1.82) is 0 Å². The summed E-state index contributed by atoms with van der Waals surface area (Å²) in [5, 5.41) is 13.0. The highest BCUT2D eigenvalue weighted by Crippen LogP contribution is 2.35. The largest absolute Gasteiger partial charge is 0.490 e. The van der Waals surface area contributed by atoms with Gasteiger partial charge in [0.15, 0.2) is 0 Å². The minimum atomic E-state index is -1.11. The standard InChI is InChI=1S/C23H31N3O6/c1-3-30-11-12-31-13-19(27)26-15-7-9-16(10-8-15)32-18-6-4-5-17-21(18)22(24)20(23(28)29)14(2)25-17/h4-6,15-16H,3,7-13H2,1-2H3,(H2,24,25)(H,26,27)(H,28,29). The Hall–Kier alpha value is -2.91. The molecule has 0 bridgehead atoms. The Morgan fingerprint density at radius 1 is 1.19 bits per heavy atom. The number of carbonyl (C=O) groups is 2. The second-order valence-electron chi connectivity index (χ2n) is 7.85. The molecule has 0 saturated heterocycles. The fourth-order valence-corrected chi connectivity index (χ4v) is 4.01. The third-order valence-corrected chi connectivity index (χ3v) is 5.55. The van der Waals surface area contributed by atoms with Crippen molar-refractivity contribution in [2.75, 3.05) is 32.2 Å². The minimum Gasteiger partial charge on any atom is -0.490 e. The van der Waals surface area contributed by atoms with Crippen LogP contribution in [0.1, 0.15) is 48.7 Å². The van der Waals surface area contributed by atoms with Gasteiger partial charge in [-0.25, -0.2) is 4.79 Å². The third kappa shape index (κ3) is 5.86. The van der Waals surface area contributed by atoms with Crippen molar-refractivity contribution in [3.63, 3.8) is 0 Å². The second kappa shape index (κ2) is 11.1. The number of nitrogens with zero attached hydrogens (tertiary/aromatic N) is 1. The fraction of sp³-hybridized carbons (Fsp3) is 0.522. The minimum absolute atomic E-state index is 0.00319. The first-order valence-corrected chi connectivity index (χ1v) is 10.9. The smallest absolute Gasteiger partial charge is 0.339 e. The van der Waals surface area contributed by atoms with Gasteiger partial charge in [-0.2, -0.15) is 0 Å². The molecule has 9 nitrogen and oxygen atoms in total. The van der Waals surface area contributed by atoms with Gasteiger partial charge in [-0.3, -0.25) is 9.78 Å². The van der Waals surface area contributed by atoms with E-state index >= 15 is 0 Å². The van der Waals surface area contributed by atoms with E-state index in [1.807, 2.05) is 13.0 Å². The summed E-state index contributed by atoms with van der Waals surface area (Å²) < 4.78 is 16.7. The number of nitrogens with two attached hydrogens (primary N) is 1. The molecule has 1 aliphatic rings. The lowest BCUT2D eigenvalue weighted by Crippen LogP contribution is -2.41. The number of ether oxygens (including phenoxy) is 3. The van der Waals surface area contributed by atoms with Crippen molar-refractivity contribution in [3.8, 4) is 5.75 Å². The van der Waals surface area contributed by atoms with E-state index in [4.69, 9.17) is 19.9 Å². The number of fused-ring (bicyclic) bond motifs is 1. The van der Waals surface area contributed by atoms with Crippen LogP contribution in [0, 0.1) is 6.92 Å². The molecule has 9 heteroatoms. The van der Waals surface area contributed by atoms with Gasteiger partial charge in [0.25, 0.3) is 0 Å². The quantitative estimate of drug-likeness (QED) is 0.476. The molecule has 0 aliphatic heterocycles. The number of carbonyl (C=O) groups excluding carboxylic acids is 1. The number of nitrogens with one attached hydrogen (secondary N) is 1. The van der Waals surface area contributed by atoms with E-state index in [1.165, 1.54) is 0 Å². The van der Waals surface area contributed by atoms with Crippen LogP contribution in [0.2, 0.25) is 0 Å². The first-order chi connectivity index (χ1) is 15.4. The molecule has 3 rings (SSSR count). The lowest BCUT2D eigenvalue weighted by atomic mass is 9.93. The Bertz CT molecular complexity index is 956. The molecule has 0 radical (unpaired) electrons. The van der Waals surface area contributed by atoms with Gasteiger partial charge in [0.05, 0.1) is 41.6 Å². The third-order valence-electron chi connectivity index (χ3n) is 5.55. The summed E-state index contributed by atoms with van der Waals surface area (Å²) in [5.41, 5.74) is 7.35. The molecule has 0 atom stereocenters. The Kier molecular flexibility index (Phi) is 8.24.